The molecule has 4 rings (SSSR count). The standard InChI is InChI=1S/C37H50N4/c1-6-11-33-22-34(19-18-30(33)7-2)32-16-14-29(15-17-32)26-41(28(5)31-12-9-8-10-13-31)37-23-35(20-21-39-37)36(24-38)25-40-27(3)4/h18-25,27,29,31-32H,5,7-10,12-17,26,38H2,1-4H3/b36-24+,40-25?. The highest BCUT2D eigenvalue weighted by molar-refractivity contribution is 6.09. The molecular weight excluding hydrogens is 500 g/mol. The minimum Gasteiger partial charge on any atom is -0.404 e. The third kappa shape index (κ3) is 8.13. The van der Waals surface area contributed by atoms with Crippen molar-refractivity contribution in [1.29, 1.82) is 0 Å². The van der Waals surface area contributed by atoms with Crippen LogP contribution in [0.5, 0.6) is 0 Å². The van der Waals surface area contributed by atoms with Crippen LogP contribution in [-0.4, -0.2) is 23.8 Å². The van der Waals surface area contributed by atoms with E-state index in [0.29, 0.717) is 17.8 Å². The van der Waals surface area contributed by atoms with Crippen LogP contribution in [0.3, 0.4) is 0 Å². The minimum absolute atomic E-state index is 0.222. The van der Waals surface area contributed by atoms with Crippen molar-refractivity contribution < 1.29 is 0 Å². The Kier molecular flexibility index (Phi) is 11.3. The van der Waals surface area contributed by atoms with Gasteiger partial charge in [0.05, 0.1) is 0 Å². The monoisotopic (exact) mass is 550 g/mol. The Morgan fingerprint density at radius 2 is 1.85 bits per heavy atom. The number of pyridine rings is 1. The van der Waals surface area contributed by atoms with Crippen molar-refractivity contribution in [3.8, 4) is 11.8 Å². The maximum Gasteiger partial charge on any atom is 0.133 e. The molecule has 0 atom stereocenters. The SMILES string of the molecule is C=C(C1CCCCC1)N(CC1CCC(c2ccc(CC)c(C#CC)c2)CC1)c1cc(/C(C=NC(C)C)=C/N)ccn1. The molecule has 2 aromatic rings. The molecule has 2 N–H and O–H groups in total. The molecule has 0 bridgehead atoms. The third-order valence-electron chi connectivity index (χ3n) is 9.00. The lowest BCUT2D eigenvalue weighted by Crippen LogP contribution is -2.34. The van der Waals surface area contributed by atoms with Crippen LogP contribution in [0.2, 0.25) is 0 Å². The van der Waals surface area contributed by atoms with Crippen LogP contribution >= 0.6 is 0 Å². The van der Waals surface area contributed by atoms with Gasteiger partial charge >= 0.3 is 0 Å². The molecule has 0 aliphatic heterocycles. The van der Waals surface area contributed by atoms with Crippen molar-refractivity contribution in [3.63, 3.8) is 0 Å². The lowest BCUT2D eigenvalue weighted by Gasteiger charge is -2.37. The second-order valence-corrected chi connectivity index (χ2v) is 12.2. The van der Waals surface area contributed by atoms with E-state index in [-0.39, 0.29) is 6.04 Å². The zero-order valence-electron chi connectivity index (χ0n) is 25.8. The summed E-state index contributed by atoms with van der Waals surface area (Å²) in [5.74, 6) is 9.20. The molecule has 0 spiro atoms. The fourth-order valence-corrected chi connectivity index (χ4v) is 6.55. The largest absolute Gasteiger partial charge is 0.404 e. The van der Waals surface area contributed by atoms with Crippen LogP contribution < -0.4 is 10.6 Å². The molecule has 41 heavy (non-hydrogen) atoms. The highest BCUT2D eigenvalue weighted by Crippen LogP contribution is 2.39. The van der Waals surface area contributed by atoms with Gasteiger partial charge in [-0.2, -0.15) is 0 Å². The van der Waals surface area contributed by atoms with Gasteiger partial charge in [0.25, 0.3) is 0 Å². The van der Waals surface area contributed by atoms with Crippen molar-refractivity contribution in [2.24, 2.45) is 22.6 Å². The normalized spacial score (nSPS) is 20.2. The van der Waals surface area contributed by atoms with Gasteiger partial charge in [0, 0.05) is 48.0 Å². The second kappa shape index (κ2) is 15.1. The van der Waals surface area contributed by atoms with Crippen LogP contribution in [0.25, 0.3) is 5.57 Å². The van der Waals surface area contributed by atoms with Gasteiger partial charge < -0.3 is 10.6 Å². The molecule has 0 unspecified atom stereocenters. The number of nitrogens with two attached hydrogens (primary N) is 1. The zero-order valence-corrected chi connectivity index (χ0v) is 25.8. The third-order valence-corrected chi connectivity index (χ3v) is 9.00. The summed E-state index contributed by atoms with van der Waals surface area (Å²) in [5.41, 5.74) is 13.3. The molecule has 0 radical (unpaired) electrons. The maximum atomic E-state index is 6.03. The number of benzene rings is 1. The first-order chi connectivity index (χ1) is 19.9. The number of aromatic nitrogens is 1. The zero-order chi connectivity index (χ0) is 29.2. The molecule has 0 saturated heterocycles. The predicted octanol–water partition coefficient (Wildman–Crippen LogP) is 8.67. The number of hydrogen-bond donors (Lipinski definition) is 1. The van der Waals surface area contributed by atoms with Crippen LogP contribution in [0.4, 0.5) is 5.82 Å². The number of rotatable bonds is 10. The Labute approximate surface area is 249 Å². The van der Waals surface area contributed by atoms with Crippen molar-refractivity contribution in [2.45, 2.75) is 104 Å². The number of anilines is 1. The average Bonchev–Trinajstić information content (AvgIpc) is 3.01. The van der Waals surface area contributed by atoms with E-state index in [1.807, 2.05) is 25.4 Å². The quantitative estimate of drug-likeness (QED) is 0.238. The number of hydrogen-bond acceptors (Lipinski definition) is 4. The topological polar surface area (TPSA) is 54.5 Å². The van der Waals surface area contributed by atoms with Gasteiger partial charge in [-0.3, -0.25) is 4.99 Å². The van der Waals surface area contributed by atoms with E-state index in [2.05, 4.69) is 73.3 Å². The molecule has 4 heteroatoms. The number of allylic oxidation sites excluding steroid dienone is 2. The summed E-state index contributed by atoms with van der Waals surface area (Å²) in [6.07, 6.45) is 17.7. The molecule has 218 valence electrons. The molecule has 2 fully saturated rings. The summed E-state index contributed by atoms with van der Waals surface area (Å²) in [4.78, 5) is 11.9. The molecule has 2 aliphatic carbocycles. The van der Waals surface area contributed by atoms with E-state index in [1.165, 1.54) is 80.2 Å². The fraction of sp³-hybridized carbons (Fsp3) is 0.514. The van der Waals surface area contributed by atoms with E-state index >= 15 is 0 Å². The molecule has 2 saturated carbocycles. The van der Waals surface area contributed by atoms with Gasteiger partial charge in [0.1, 0.15) is 5.82 Å². The molecule has 2 aliphatic rings. The van der Waals surface area contributed by atoms with Gasteiger partial charge in [0.15, 0.2) is 0 Å². The maximum absolute atomic E-state index is 6.03. The lowest BCUT2D eigenvalue weighted by molar-refractivity contribution is 0.323. The van der Waals surface area contributed by atoms with Crippen LogP contribution in [0, 0.1) is 23.7 Å². The van der Waals surface area contributed by atoms with Crippen molar-refractivity contribution in [2.75, 3.05) is 11.4 Å². The summed E-state index contributed by atoms with van der Waals surface area (Å²) < 4.78 is 0. The molecular formula is C37H50N4. The van der Waals surface area contributed by atoms with Crippen LogP contribution in [0.15, 0.2) is 60.0 Å². The van der Waals surface area contributed by atoms with Crippen molar-refractivity contribution in [3.05, 3.63) is 77.3 Å². The Hall–Kier alpha value is -3.32. The predicted molar refractivity (Wildman–Crippen MR) is 176 cm³/mol. The Morgan fingerprint density at radius 1 is 1.10 bits per heavy atom. The summed E-state index contributed by atoms with van der Waals surface area (Å²) in [7, 11) is 0. The summed E-state index contributed by atoms with van der Waals surface area (Å²) in [6, 6.07) is 11.4. The average molecular weight is 551 g/mol. The van der Waals surface area contributed by atoms with Gasteiger partial charge in [-0.25, -0.2) is 4.98 Å². The highest BCUT2D eigenvalue weighted by atomic mass is 15.2. The van der Waals surface area contributed by atoms with Crippen molar-refractivity contribution >= 4 is 17.6 Å². The molecule has 1 aromatic carbocycles. The summed E-state index contributed by atoms with van der Waals surface area (Å²) in [6.45, 7) is 14.0. The van der Waals surface area contributed by atoms with Gasteiger partial charge in [-0.15, -0.1) is 5.92 Å². The van der Waals surface area contributed by atoms with E-state index in [9.17, 15) is 0 Å². The first-order valence-corrected chi connectivity index (χ1v) is 15.9. The molecule has 0 amide bonds. The number of nitrogens with zero attached hydrogens (tertiary/aromatic N) is 3. The van der Waals surface area contributed by atoms with Crippen LogP contribution in [-0.2, 0) is 6.42 Å². The van der Waals surface area contributed by atoms with E-state index < -0.39 is 0 Å². The first-order valence-electron chi connectivity index (χ1n) is 15.9. The number of aliphatic imine (C=N–C) groups is 1. The van der Waals surface area contributed by atoms with E-state index in [4.69, 9.17) is 10.7 Å². The summed E-state index contributed by atoms with van der Waals surface area (Å²) in [5, 5.41) is 0. The second-order valence-electron chi connectivity index (χ2n) is 12.2. The number of aryl methyl sites for hydroxylation is 1. The van der Waals surface area contributed by atoms with Gasteiger partial charge in [0.2, 0.25) is 0 Å². The fourth-order valence-electron chi connectivity index (χ4n) is 6.55. The molecule has 1 aromatic heterocycles. The Morgan fingerprint density at radius 3 is 2.51 bits per heavy atom. The molecule has 4 nitrogen and oxygen atoms in total. The van der Waals surface area contributed by atoms with Crippen molar-refractivity contribution in [1.82, 2.24) is 4.98 Å². The van der Waals surface area contributed by atoms with E-state index in [1.54, 1.807) is 6.20 Å². The molecule has 1 heterocycles. The summed E-state index contributed by atoms with van der Waals surface area (Å²) >= 11 is 0. The van der Waals surface area contributed by atoms with Crippen LogP contribution in [0.1, 0.15) is 114 Å². The smallest absolute Gasteiger partial charge is 0.133 e. The Bertz CT molecular complexity index is 1280. The minimum atomic E-state index is 0.222. The van der Waals surface area contributed by atoms with E-state index in [0.717, 1.165) is 29.9 Å². The lowest BCUT2D eigenvalue weighted by atomic mass is 9.77. The Balaban J connectivity index is 1.52. The van der Waals surface area contributed by atoms with Gasteiger partial charge in [-0.05, 0) is 118 Å². The first kappa shape index (κ1) is 30.6. The van der Waals surface area contributed by atoms with Gasteiger partial charge in [-0.1, -0.05) is 50.8 Å². The highest BCUT2D eigenvalue weighted by Gasteiger charge is 2.28.